The summed E-state index contributed by atoms with van der Waals surface area (Å²) in [6.45, 7) is 5.62. The fourth-order valence-electron chi connectivity index (χ4n) is 3.41. The zero-order chi connectivity index (χ0) is 18.4. The van der Waals surface area contributed by atoms with Crippen molar-refractivity contribution in [1.29, 1.82) is 0 Å². The molecular weight excluding hydrogens is 344 g/mol. The minimum absolute atomic E-state index is 0.101. The van der Waals surface area contributed by atoms with E-state index in [2.05, 4.69) is 46.4 Å². The van der Waals surface area contributed by atoms with Gasteiger partial charge in [0.2, 0.25) is 0 Å². The standard InChI is InChI=1S/C20H28N4OS/c1-15-8-11-24(12-9-15)18(16-5-3-2-4-6-16)13-22-20(25)17-14-26-19(23-17)7-10-21/h2-6,14-15,18H,7-13,21H2,1H3,(H,22,25). The predicted octanol–water partition coefficient (Wildman–Crippen LogP) is 2.85. The molecule has 0 radical (unpaired) electrons. The molecule has 1 atom stereocenters. The number of nitrogens with one attached hydrogen (secondary N) is 1. The van der Waals surface area contributed by atoms with Crippen LogP contribution in [-0.4, -0.2) is 42.0 Å². The van der Waals surface area contributed by atoms with Crippen LogP contribution < -0.4 is 11.1 Å². The number of likely N-dealkylation sites (tertiary alicyclic amines) is 1. The van der Waals surface area contributed by atoms with Gasteiger partial charge in [0.1, 0.15) is 5.69 Å². The Kier molecular flexibility index (Phi) is 6.77. The van der Waals surface area contributed by atoms with E-state index in [1.807, 2.05) is 11.4 Å². The average Bonchev–Trinajstić information content (AvgIpc) is 3.13. The Balaban J connectivity index is 1.66. The van der Waals surface area contributed by atoms with Crippen LogP contribution in [0.4, 0.5) is 0 Å². The summed E-state index contributed by atoms with van der Waals surface area (Å²) in [6, 6.07) is 10.7. The highest BCUT2D eigenvalue weighted by Crippen LogP contribution is 2.26. The Bertz CT molecular complexity index is 695. The molecule has 26 heavy (non-hydrogen) atoms. The Hall–Kier alpha value is -1.76. The van der Waals surface area contributed by atoms with E-state index >= 15 is 0 Å². The predicted molar refractivity (Wildman–Crippen MR) is 106 cm³/mol. The van der Waals surface area contributed by atoms with E-state index in [-0.39, 0.29) is 11.9 Å². The number of rotatable bonds is 7. The van der Waals surface area contributed by atoms with Crippen molar-refractivity contribution in [1.82, 2.24) is 15.2 Å². The Morgan fingerprint density at radius 3 is 2.77 bits per heavy atom. The van der Waals surface area contributed by atoms with Crippen molar-refractivity contribution in [2.24, 2.45) is 11.7 Å². The number of carbonyl (C=O) groups excluding carboxylic acids is 1. The lowest BCUT2D eigenvalue weighted by Crippen LogP contribution is -2.42. The SMILES string of the molecule is CC1CCN(C(CNC(=O)c2csc(CCN)n2)c2ccccc2)CC1. The monoisotopic (exact) mass is 372 g/mol. The van der Waals surface area contributed by atoms with Crippen molar-refractivity contribution in [2.75, 3.05) is 26.2 Å². The average molecular weight is 373 g/mol. The molecule has 3 N–H and O–H groups in total. The number of nitrogens with zero attached hydrogens (tertiary/aromatic N) is 2. The highest BCUT2D eigenvalue weighted by atomic mass is 32.1. The van der Waals surface area contributed by atoms with Gasteiger partial charge in [0, 0.05) is 18.3 Å². The van der Waals surface area contributed by atoms with E-state index in [0.29, 0.717) is 18.8 Å². The number of carbonyl (C=O) groups is 1. The van der Waals surface area contributed by atoms with E-state index in [1.165, 1.54) is 29.7 Å². The molecule has 3 rings (SSSR count). The molecule has 1 aliphatic rings. The molecule has 0 spiro atoms. The van der Waals surface area contributed by atoms with Gasteiger partial charge in [-0.2, -0.15) is 0 Å². The van der Waals surface area contributed by atoms with Gasteiger partial charge >= 0.3 is 0 Å². The number of amides is 1. The van der Waals surface area contributed by atoms with Crippen molar-refractivity contribution in [3.05, 3.63) is 52.0 Å². The van der Waals surface area contributed by atoms with Crippen molar-refractivity contribution in [2.45, 2.75) is 32.2 Å². The molecule has 0 aliphatic carbocycles. The molecule has 1 unspecified atom stereocenters. The molecule has 0 bridgehead atoms. The second kappa shape index (κ2) is 9.26. The second-order valence-corrected chi connectivity index (χ2v) is 7.96. The Labute approximate surface area is 159 Å². The zero-order valence-electron chi connectivity index (χ0n) is 15.4. The van der Waals surface area contributed by atoms with Gasteiger partial charge in [-0.3, -0.25) is 9.69 Å². The topological polar surface area (TPSA) is 71.2 Å². The number of piperidine rings is 1. The summed E-state index contributed by atoms with van der Waals surface area (Å²) in [5.74, 6) is 0.684. The maximum absolute atomic E-state index is 12.5. The van der Waals surface area contributed by atoms with E-state index < -0.39 is 0 Å². The van der Waals surface area contributed by atoms with Crippen molar-refractivity contribution in [3.63, 3.8) is 0 Å². The van der Waals surface area contributed by atoms with Gasteiger partial charge in [-0.1, -0.05) is 37.3 Å². The Morgan fingerprint density at radius 1 is 1.35 bits per heavy atom. The number of aromatic nitrogens is 1. The van der Waals surface area contributed by atoms with E-state index in [9.17, 15) is 4.79 Å². The number of hydrogen-bond acceptors (Lipinski definition) is 5. The van der Waals surface area contributed by atoms with Gasteiger partial charge in [-0.05, 0) is 44.0 Å². The summed E-state index contributed by atoms with van der Waals surface area (Å²) >= 11 is 1.50. The molecule has 5 nitrogen and oxygen atoms in total. The highest BCUT2D eigenvalue weighted by molar-refractivity contribution is 7.09. The summed E-state index contributed by atoms with van der Waals surface area (Å²) < 4.78 is 0. The maximum atomic E-state index is 12.5. The number of nitrogens with two attached hydrogens (primary N) is 1. The summed E-state index contributed by atoms with van der Waals surface area (Å²) in [6.07, 6.45) is 3.15. The third-order valence-corrected chi connectivity index (χ3v) is 5.95. The Morgan fingerprint density at radius 2 is 2.08 bits per heavy atom. The summed E-state index contributed by atoms with van der Waals surface area (Å²) in [5, 5.41) is 5.83. The quantitative estimate of drug-likeness (QED) is 0.784. The number of benzene rings is 1. The number of thiazole rings is 1. The van der Waals surface area contributed by atoms with Crippen LogP contribution in [0.15, 0.2) is 35.7 Å². The lowest BCUT2D eigenvalue weighted by Gasteiger charge is -2.37. The first-order chi connectivity index (χ1) is 12.7. The lowest BCUT2D eigenvalue weighted by molar-refractivity contribution is 0.0908. The van der Waals surface area contributed by atoms with Crippen LogP contribution in [0.25, 0.3) is 0 Å². The smallest absolute Gasteiger partial charge is 0.270 e. The normalized spacial score (nSPS) is 17.2. The molecule has 1 aromatic heterocycles. The molecule has 1 saturated heterocycles. The van der Waals surface area contributed by atoms with Crippen LogP contribution in [0.5, 0.6) is 0 Å². The fraction of sp³-hybridized carbons (Fsp3) is 0.500. The fourth-order valence-corrected chi connectivity index (χ4v) is 4.20. The van der Waals surface area contributed by atoms with Gasteiger partial charge in [0.05, 0.1) is 11.0 Å². The molecule has 1 fully saturated rings. The van der Waals surface area contributed by atoms with Crippen molar-refractivity contribution < 1.29 is 4.79 Å². The van der Waals surface area contributed by atoms with Gasteiger partial charge in [-0.25, -0.2) is 4.98 Å². The third kappa shape index (κ3) is 4.90. The molecule has 0 saturated carbocycles. The molecule has 2 aromatic rings. The van der Waals surface area contributed by atoms with Crippen LogP contribution in [0.2, 0.25) is 0 Å². The van der Waals surface area contributed by atoms with E-state index in [0.717, 1.165) is 30.4 Å². The first kappa shape index (κ1) is 19.0. The largest absolute Gasteiger partial charge is 0.349 e. The van der Waals surface area contributed by atoms with Crippen LogP contribution in [0.3, 0.4) is 0 Å². The first-order valence-electron chi connectivity index (χ1n) is 9.39. The maximum Gasteiger partial charge on any atom is 0.270 e. The lowest BCUT2D eigenvalue weighted by atomic mass is 9.95. The highest BCUT2D eigenvalue weighted by Gasteiger charge is 2.25. The van der Waals surface area contributed by atoms with E-state index in [4.69, 9.17) is 5.73 Å². The van der Waals surface area contributed by atoms with Gasteiger partial charge in [-0.15, -0.1) is 11.3 Å². The minimum Gasteiger partial charge on any atom is -0.349 e. The van der Waals surface area contributed by atoms with Crippen LogP contribution in [0.1, 0.15) is 46.9 Å². The van der Waals surface area contributed by atoms with Gasteiger partial charge in [0.25, 0.3) is 5.91 Å². The van der Waals surface area contributed by atoms with Crippen LogP contribution >= 0.6 is 11.3 Å². The summed E-state index contributed by atoms with van der Waals surface area (Å²) in [4.78, 5) is 19.4. The van der Waals surface area contributed by atoms with Crippen LogP contribution in [-0.2, 0) is 6.42 Å². The molecular formula is C20H28N4OS. The zero-order valence-corrected chi connectivity index (χ0v) is 16.2. The van der Waals surface area contributed by atoms with E-state index in [1.54, 1.807) is 0 Å². The first-order valence-corrected chi connectivity index (χ1v) is 10.3. The van der Waals surface area contributed by atoms with Crippen molar-refractivity contribution in [3.8, 4) is 0 Å². The molecule has 140 valence electrons. The molecule has 1 aliphatic heterocycles. The van der Waals surface area contributed by atoms with Gasteiger partial charge < -0.3 is 11.1 Å². The molecule has 6 heteroatoms. The van der Waals surface area contributed by atoms with Crippen molar-refractivity contribution >= 4 is 17.2 Å². The minimum atomic E-state index is -0.101. The summed E-state index contributed by atoms with van der Waals surface area (Å²) in [5.41, 5.74) is 7.31. The second-order valence-electron chi connectivity index (χ2n) is 7.02. The third-order valence-electron chi connectivity index (χ3n) is 5.04. The van der Waals surface area contributed by atoms with Gasteiger partial charge in [0.15, 0.2) is 0 Å². The summed E-state index contributed by atoms with van der Waals surface area (Å²) in [7, 11) is 0. The molecule has 2 heterocycles. The molecule has 1 aromatic carbocycles. The van der Waals surface area contributed by atoms with Crippen LogP contribution in [0, 0.1) is 5.92 Å². The number of hydrogen-bond donors (Lipinski definition) is 2. The molecule has 1 amide bonds.